The van der Waals surface area contributed by atoms with Gasteiger partial charge in [0.25, 0.3) is 0 Å². The predicted molar refractivity (Wildman–Crippen MR) is 91.7 cm³/mol. The molecule has 3 heteroatoms. The fourth-order valence-corrected chi connectivity index (χ4v) is 7.88. The van der Waals surface area contributed by atoms with Crippen LogP contribution in [0.25, 0.3) is 0 Å². The van der Waals surface area contributed by atoms with Crippen molar-refractivity contribution in [3.05, 3.63) is 12.2 Å². The summed E-state index contributed by atoms with van der Waals surface area (Å²) in [5.41, 5.74) is 0.590. The Bertz CT molecular complexity index is 492. The number of hydrogen-bond acceptors (Lipinski definition) is 2. The van der Waals surface area contributed by atoms with E-state index in [-0.39, 0.29) is 17.6 Å². The molecule has 3 saturated carbocycles. The van der Waals surface area contributed by atoms with Crippen LogP contribution in [0.15, 0.2) is 12.2 Å². The second-order valence-corrected chi connectivity index (χ2v) is 10.3. The van der Waals surface area contributed by atoms with Crippen LogP contribution in [-0.4, -0.2) is 27.2 Å². The molecule has 0 spiro atoms. The van der Waals surface area contributed by atoms with E-state index in [0.717, 1.165) is 12.8 Å². The molecule has 22 heavy (non-hydrogen) atoms. The summed E-state index contributed by atoms with van der Waals surface area (Å²) in [6.07, 6.45) is 10.6. The van der Waals surface area contributed by atoms with Crippen molar-refractivity contribution in [3.63, 3.8) is 0 Å². The second-order valence-electron chi connectivity index (χ2n) is 9.05. The van der Waals surface area contributed by atoms with Gasteiger partial charge in [0.1, 0.15) is 0 Å². The third-order valence-corrected chi connectivity index (χ3v) is 8.60. The Labute approximate surface area is 142 Å². The Morgan fingerprint density at radius 1 is 1.09 bits per heavy atom. The van der Waals surface area contributed by atoms with Gasteiger partial charge in [0.2, 0.25) is 0 Å². The summed E-state index contributed by atoms with van der Waals surface area (Å²) >= 11 is 3.86. The molecule has 9 atom stereocenters. The molecule has 0 aromatic rings. The average Bonchev–Trinajstić information content (AvgIpc) is 2.75. The first kappa shape index (κ1) is 15.7. The van der Waals surface area contributed by atoms with Gasteiger partial charge in [-0.3, -0.25) is 0 Å². The van der Waals surface area contributed by atoms with E-state index in [1.165, 1.54) is 25.7 Å². The Hall–Kier alpha value is 0.140. The lowest BCUT2D eigenvalue weighted by Gasteiger charge is -2.60. The molecular weight excluding hydrogens is 340 g/mol. The first-order valence-electron chi connectivity index (χ1n) is 9.03. The zero-order valence-electron chi connectivity index (χ0n) is 13.7. The molecule has 0 heterocycles. The van der Waals surface area contributed by atoms with Crippen molar-refractivity contribution in [1.82, 2.24) is 0 Å². The van der Waals surface area contributed by atoms with E-state index < -0.39 is 0 Å². The molecule has 0 aromatic heterocycles. The van der Waals surface area contributed by atoms with Crippen molar-refractivity contribution >= 4 is 15.9 Å². The maximum atomic E-state index is 11.0. The molecule has 2 nitrogen and oxygen atoms in total. The smallest absolute Gasteiger partial charge is 0.0724 e. The summed E-state index contributed by atoms with van der Waals surface area (Å²) in [7, 11) is 0. The topological polar surface area (TPSA) is 40.5 Å². The summed E-state index contributed by atoms with van der Waals surface area (Å²) in [6.45, 7) is 4.85. The Kier molecular flexibility index (Phi) is 3.61. The van der Waals surface area contributed by atoms with Crippen LogP contribution in [-0.2, 0) is 0 Å². The predicted octanol–water partition coefficient (Wildman–Crippen LogP) is 3.90. The minimum absolute atomic E-state index is 0.175. The fourth-order valence-electron chi connectivity index (χ4n) is 6.73. The molecule has 4 rings (SSSR count). The number of aliphatic hydroxyl groups excluding tert-OH is 2. The number of hydrogen-bond donors (Lipinski definition) is 2. The summed E-state index contributed by atoms with van der Waals surface area (Å²) in [5.74, 6) is 2.13. The van der Waals surface area contributed by atoms with Gasteiger partial charge in [0.05, 0.1) is 12.2 Å². The highest BCUT2D eigenvalue weighted by molar-refractivity contribution is 9.09. The maximum Gasteiger partial charge on any atom is 0.0724 e. The van der Waals surface area contributed by atoms with Gasteiger partial charge < -0.3 is 10.2 Å². The Morgan fingerprint density at radius 3 is 2.64 bits per heavy atom. The molecule has 0 amide bonds. The number of aliphatic hydroxyl groups is 2. The van der Waals surface area contributed by atoms with Gasteiger partial charge in [0.15, 0.2) is 0 Å². The van der Waals surface area contributed by atoms with Gasteiger partial charge in [-0.1, -0.05) is 41.9 Å². The minimum Gasteiger partial charge on any atom is -0.393 e. The van der Waals surface area contributed by atoms with Crippen LogP contribution in [0.5, 0.6) is 0 Å². The fraction of sp³-hybridized carbons (Fsp3) is 0.895. The molecule has 0 aromatic carbocycles. The van der Waals surface area contributed by atoms with E-state index in [9.17, 15) is 10.2 Å². The van der Waals surface area contributed by atoms with Gasteiger partial charge in [-0.25, -0.2) is 0 Å². The van der Waals surface area contributed by atoms with E-state index in [4.69, 9.17) is 0 Å². The van der Waals surface area contributed by atoms with Crippen LogP contribution in [0.4, 0.5) is 0 Å². The lowest BCUT2D eigenvalue weighted by Crippen LogP contribution is -2.56. The number of fused-ring (bicyclic) bond motifs is 5. The normalized spacial score (nSPS) is 60.5. The van der Waals surface area contributed by atoms with E-state index in [0.29, 0.717) is 33.9 Å². The van der Waals surface area contributed by atoms with Crippen molar-refractivity contribution in [3.8, 4) is 0 Å². The Balaban J connectivity index is 1.71. The summed E-state index contributed by atoms with van der Waals surface area (Å²) in [6, 6.07) is 0. The van der Waals surface area contributed by atoms with E-state index >= 15 is 0 Å². The lowest BCUT2D eigenvalue weighted by atomic mass is 9.46. The van der Waals surface area contributed by atoms with Gasteiger partial charge >= 0.3 is 0 Å². The van der Waals surface area contributed by atoms with Crippen LogP contribution in [0.1, 0.15) is 52.4 Å². The van der Waals surface area contributed by atoms with Crippen LogP contribution in [0.2, 0.25) is 0 Å². The first-order chi connectivity index (χ1) is 10.3. The molecule has 2 N–H and O–H groups in total. The summed E-state index contributed by atoms with van der Waals surface area (Å²) in [4.78, 5) is 0.627. The number of halogens is 1. The summed E-state index contributed by atoms with van der Waals surface area (Å²) < 4.78 is 0. The number of alkyl halides is 1. The van der Waals surface area contributed by atoms with E-state index in [1.54, 1.807) is 0 Å². The lowest BCUT2D eigenvalue weighted by molar-refractivity contribution is -0.137. The monoisotopic (exact) mass is 368 g/mol. The van der Waals surface area contributed by atoms with Crippen LogP contribution < -0.4 is 0 Å². The molecule has 0 unspecified atom stereocenters. The second kappa shape index (κ2) is 5.07. The molecule has 3 fully saturated rings. The molecular formula is C19H29BrO2. The highest BCUT2D eigenvalue weighted by Crippen LogP contribution is 2.65. The molecule has 0 radical (unpaired) electrons. The van der Waals surface area contributed by atoms with Gasteiger partial charge in [-0.2, -0.15) is 0 Å². The molecule has 0 bridgehead atoms. The van der Waals surface area contributed by atoms with Crippen molar-refractivity contribution < 1.29 is 10.2 Å². The molecule has 0 saturated heterocycles. The minimum atomic E-state index is -0.311. The SMILES string of the molecule is C[C@]12CC[C@H]3[C@@H]([C@@H](O)C[C@H]4C[C@@H](O)C=C[C@@]43C)[C@@H]1C[C@@H](Br)C2. The first-order valence-corrected chi connectivity index (χ1v) is 9.94. The van der Waals surface area contributed by atoms with Crippen LogP contribution >= 0.6 is 15.9 Å². The highest BCUT2D eigenvalue weighted by atomic mass is 79.9. The average molecular weight is 369 g/mol. The maximum absolute atomic E-state index is 11.0. The van der Waals surface area contributed by atoms with E-state index in [2.05, 4.69) is 35.9 Å². The van der Waals surface area contributed by atoms with Gasteiger partial charge in [-0.15, -0.1) is 0 Å². The number of allylic oxidation sites excluding steroid dienone is 1. The number of rotatable bonds is 0. The summed E-state index contributed by atoms with van der Waals surface area (Å²) in [5, 5.41) is 21.0. The largest absolute Gasteiger partial charge is 0.393 e. The molecule has 0 aliphatic heterocycles. The Morgan fingerprint density at radius 2 is 1.86 bits per heavy atom. The van der Waals surface area contributed by atoms with Gasteiger partial charge in [-0.05, 0) is 73.0 Å². The van der Waals surface area contributed by atoms with Gasteiger partial charge in [0, 0.05) is 4.83 Å². The third-order valence-electron chi connectivity index (χ3n) is 7.90. The zero-order valence-corrected chi connectivity index (χ0v) is 15.3. The zero-order chi connectivity index (χ0) is 15.7. The quantitative estimate of drug-likeness (QED) is 0.502. The molecule has 4 aliphatic rings. The third kappa shape index (κ3) is 2.11. The van der Waals surface area contributed by atoms with Crippen molar-refractivity contribution in [2.45, 2.75) is 69.4 Å². The van der Waals surface area contributed by atoms with Crippen LogP contribution in [0.3, 0.4) is 0 Å². The standard InChI is InChI=1S/C19H29BrO2/c1-18-5-4-14-17(15(18)9-12(20)10-18)16(22)8-11-7-13(21)3-6-19(11,14)2/h3,6,11-17,21-22H,4-5,7-10H2,1-2H3/t11-,12-,13+,14+,15+,16+,17-,18-,19+/m1/s1. The molecule has 4 aliphatic carbocycles. The highest BCUT2D eigenvalue weighted by Gasteiger charge is 2.60. The molecule has 124 valence electrons. The van der Waals surface area contributed by atoms with Crippen molar-refractivity contribution in [2.75, 3.05) is 0 Å². The van der Waals surface area contributed by atoms with E-state index in [1.807, 2.05) is 6.08 Å². The van der Waals surface area contributed by atoms with Crippen molar-refractivity contribution in [1.29, 1.82) is 0 Å². The van der Waals surface area contributed by atoms with Crippen molar-refractivity contribution in [2.24, 2.45) is 34.5 Å². The van der Waals surface area contributed by atoms with Crippen LogP contribution in [0, 0.1) is 34.5 Å².